The first kappa shape index (κ1) is 24.4. The van der Waals surface area contributed by atoms with Crippen LogP contribution in [0.15, 0.2) is 45.9 Å². The zero-order valence-electron chi connectivity index (χ0n) is 17.9. The maximum atomic E-state index is 12.9. The monoisotopic (exact) mass is 518 g/mol. The Morgan fingerprint density at radius 2 is 2.00 bits per heavy atom. The molecular formula is C24H28BrClN4O2. The van der Waals surface area contributed by atoms with Gasteiger partial charge in [-0.25, -0.2) is 0 Å². The minimum Gasteiger partial charge on any atom is -0.370 e. The Labute approximate surface area is 202 Å². The summed E-state index contributed by atoms with van der Waals surface area (Å²) in [5.41, 5.74) is 8.62. The molecule has 170 valence electrons. The van der Waals surface area contributed by atoms with E-state index in [0.717, 1.165) is 42.4 Å². The zero-order chi connectivity index (χ0) is 22.9. The smallest absolute Gasteiger partial charge is 0.258 e. The number of rotatable bonds is 9. The number of halogens is 2. The highest BCUT2D eigenvalue weighted by Gasteiger charge is 2.16. The summed E-state index contributed by atoms with van der Waals surface area (Å²) in [5.74, 6) is -0.231. The summed E-state index contributed by atoms with van der Waals surface area (Å²) < 4.78 is 0.893. The highest BCUT2D eigenvalue weighted by atomic mass is 79.9. The number of likely N-dealkylation sites (tertiary alicyclic amines) is 1. The summed E-state index contributed by atoms with van der Waals surface area (Å²) in [6.07, 6.45) is 5.35. The molecule has 0 atom stereocenters. The van der Waals surface area contributed by atoms with Crippen LogP contribution in [0.2, 0.25) is 5.02 Å². The van der Waals surface area contributed by atoms with Gasteiger partial charge in [-0.1, -0.05) is 39.7 Å². The normalized spacial score (nSPS) is 14.5. The van der Waals surface area contributed by atoms with Gasteiger partial charge in [-0.2, -0.15) is 0 Å². The molecule has 2 aromatic carbocycles. The molecule has 0 radical (unpaired) electrons. The Hall–Kier alpha value is -2.22. The van der Waals surface area contributed by atoms with Crippen LogP contribution in [0.3, 0.4) is 0 Å². The number of amides is 1. The first-order valence-corrected chi connectivity index (χ1v) is 12.0. The third-order valence-corrected chi connectivity index (χ3v) is 6.44. The average Bonchev–Trinajstić information content (AvgIpc) is 3.29. The van der Waals surface area contributed by atoms with Crippen LogP contribution in [0.25, 0.3) is 0 Å². The quantitative estimate of drug-likeness (QED) is 0.225. The van der Waals surface area contributed by atoms with Crippen LogP contribution in [0, 0.1) is 0 Å². The van der Waals surface area contributed by atoms with Crippen molar-refractivity contribution in [2.75, 3.05) is 26.2 Å². The van der Waals surface area contributed by atoms with Gasteiger partial charge in [0.25, 0.3) is 5.91 Å². The summed E-state index contributed by atoms with van der Waals surface area (Å²) >= 11 is 9.86. The molecule has 1 fully saturated rings. The number of carbonyl (C=O) groups excluding carboxylic acids is 2. The number of aliphatic imine (C=N–C) groups is 1. The second-order valence-electron chi connectivity index (χ2n) is 7.85. The van der Waals surface area contributed by atoms with Crippen molar-refractivity contribution in [3.05, 3.63) is 68.1 Å². The number of nitrogens with two attached hydrogens (primary N) is 1. The molecule has 6 nitrogen and oxygen atoms in total. The van der Waals surface area contributed by atoms with Crippen molar-refractivity contribution >= 4 is 45.7 Å². The van der Waals surface area contributed by atoms with Gasteiger partial charge in [-0.3, -0.25) is 19.9 Å². The lowest BCUT2D eigenvalue weighted by Gasteiger charge is -2.14. The number of hydrogen-bond donors (Lipinski definition) is 2. The van der Waals surface area contributed by atoms with Crippen molar-refractivity contribution < 1.29 is 9.59 Å². The van der Waals surface area contributed by atoms with E-state index in [9.17, 15) is 9.59 Å². The summed E-state index contributed by atoms with van der Waals surface area (Å²) in [5, 5.41) is 3.18. The number of carbonyl (C=O) groups is 2. The predicted octanol–water partition coefficient (Wildman–Crippen LogP) is 4.23. The lowest BCUT2D eigenvalue weighted by Crippen LogP contribution is -2.37. The van der Waals surface area contributed by atoms with Gasteiger partial charge in [0.1, 0.15) is 6.29 Å². The first-order valence-electron chi connectivity index (χ1n) is 10.8. The molecule has 0 spiro atoms. The largest absolute Gasteiger partial charge is 0.370 e. The van der Waals surface area contributed by atoms with Crippen molar-refractivity contribution in [3.8, 4) is 0 Å². The van der Waals surface area contributed by atoms with Crippen LogP contribution in [0.4, 0.5) is 0 Å². The number of nitrogens with zero attached hydrogens (tertiary/aromatic N) is 2. The predicted molar refractivity (Wildman–Crippen MR) is 133 cm³/mol. The van der Waals surface area contributed by atoms with Crippen molar-refractivity contribution in [1.29, 1.82) is 0 Å². The third-order valence-electron chi connectivity index (χ3n) is 5.59. The fourth-order valence-electron chi connectivity index (χ4n) is 3.91. The van der Waals surface area contributed by atoms with Crippen molar-refractivity contribution in [3.63, 3.8) is 0 Å². The summed E-state index contributed by atoms with van der Waals surface area (Å²) in [7, 11) is 0. The minimum atomic E-state index is -0.340. The molecule has 8 heteroatoms. The second-order valence-corrected chi connectivity index (χ2v) is 9.17. The molecule has 2 aromatic rings. The molecular weight excluding hydrogens is 492 g/mol. The zero-order valence-corrected chi connectivity index (χ0v) is 20.3. The number of benzene rings is 2. The lowest BCUT2D eigenvalue weighted by molar-refractivity contribution is 0.0975. The Balaban J connectivity index is 1.62. The fraction of sp³-hybridized carbons (Fsp3) is 0.375. The standard InChI is InChI=1S/C24H28BrClN4O2/c25-19-9-7-18(16-31)17(15-19)8-10-20-21(5-3-6-22(20)26)23(32)29-24(27)28-11-4-14-30-12-1-2-13-30/h3,5-7,9,15-16H,1-2,4,8,10-14H2,(H3,27,28,29,32). The Morgan fingerprint density at radius 3 is 2.75 bits per heavy atom. The molecule has 1 aliphatic heterocycles. The van der Waals surface area contributed by atoms with Gasteiger partial charge in [-0.05, 0) is 87.1 Å². The molecule has 1 heterocycles. The van der Waals surface area contributed by atoms with Gasteiger partial charge in [0.2, 0.25) is 0 Å². The number of aldehydes is 1. The summed E-state index contributed by atoms with van der Waals surface area (Å²) in [6, 6.07) is 10.7. The van der Waals surface area contributed by atoms with Gasteiger partial charge in [0.15, 0.2) is 5.96 Å². The fourth-order valence-corrected chi connectivity index (χ4v) is 4.59. The van der Waals surface area contributed by atoms with Crippen LogP contribution in [0.1, 0.15) is 51.1 Å². The van der Waals surface area contributed by atoms with Crippen LogP contribution in [-0.4, -0.2) is 49.2 Å². The van der Waals surface area contributed by atoms with E-state index in [1.54, 1.807) is 24.3 Å². The highest BCUT2D eigenvalue weighted by molar-refractivity contribution is 9.10. The topological polar surface area (TPSA) is 87.8 Å². The van der Waals surface area contributed by atoms with Gasteiger partial charge in [0.05, 0.1) is 0 Å². The number of aryl methyl sites for hydroxylation is 1. The molecule has 1 aliphatic rings. The molecule has 0 aliphatic carbocycles. The molecule has 1 saturated heterocycles. The number of nitrogens with one attached hydrogen (secondary N) is 1. The number of hydrogen-bond acceptors (Lipinski definition) is 4. The van der Waals surface area contributed by atoms with E-state index >= 15 is 0 Å². The minimum absolute atomic E-state index is 0.109. The molecule has 3 rings (SSSR count). The Kier molecular flexibility index (Phi) is 9.26. The first-order chi connectivity index (χ1) is 15.5. The Morgan fingerprint density at radius 1 is 1.22 bits per heavy atom. The van der Waals surface area contributed by atoms with Crippen molar-refractivity contribution in [2.45, 2.75) is 32.1 Å². The van der Waals surface area contributed by atoms with E-state index in [2.05, 4.69) is 31.1 Å². The SMILES string of the molecule is NC(=NCCCN1CCCC1)NC(=O)c1cccc(Cl)c1CCc1cc(Br)ccc1C=O. The van der Waals surface area contributed by atoms with Gasteiger partial charge in [0, 0.05) is 27.2 Å². The lowest BCUT2D eigenvalue weighted by atomic mass is 9.97. The molecule has 1 amide bonds. The van der Waals surface area contributed by atoms with Crippen LogP contribution in [-0.2, 0) is 12.8 Å². The summed E-state index contributed by atoms with van der Waals surface area (Å²) in [6.45, 7) is 3.88. The van der Waals surface area contributed by atoms with Crippen molar-refractivity contribution in [1.82, 2.24) is 10.2 Å². The van der Waals surface area contributed by atoms with Gasteiger partial charge >= 0.3 is 0 Å². The van der Waals surface area contributed by atoms with E-state index in [1.165, 1.54) is 12.8 Å². The molecule has 32 heavy (non-hydrogen) atoms. The van der Waals surface area contributed by atoms with E-state index in [-0.39, 0.29) is 11.9 Å². The van der Waals surface area contributed by atoms with Crippen molar-refractivity contribution in [2.24, 2.45) is 10.7 Å². The Bertz CT molecular complexity index is 990. The molecule has 0 unspecified atom stereocenters. The maximum Gasteiger partial charge on any atom is 0.258 e. The van der Waals surface area contributed by atoms with E-state index in [4.69, 9.17) is 17.3 Å². The highest BCUT2D eigenvalue weighted by Crippen LogP contribution is 2.24. The van der Waals surface area contributed by atoms with E-state index in [1.807, 2.05) is 12.1 Å². The third kappa shape index (κ3) is 6.89. The molecule has 3 N–H and O–H groups in total. The van der Waals surface area contributed by atoms with Crippen LogP contribution >= 0.6 is 27.5 Å². The number of guanidine groups is 1. The second kappa shape index (κ2) is 12.1. The summed E-state index contributed by atoms with van der Waals surface area (Å²) in [4.78, 5) is 30.9. The average molecular weight is 520 g/mol. The maximum absolute atomic E-state index is 12.9. The molecule has 0 bridgehead atoms. The molecule has 0 saturated carbocycles. The van der Waals surface area contributed by atoms with E-state index in [0.29, 0.717) is 41.1 Å². The van der Waals surface area contributed by atoms with Gasteiger partial charge < -0.3 is 10.6 Å². The molecule has 0 aromatic heterocycles. The van der Waals surface area contributed by atoms with Crippen LogP contribution < -0.4 is 11.1 Å². The van der Waals surface area contributed by atoms with Gasteiger partial charge in [-0.15, -0.1) is 0 Å². The van der Waals surface area contributed by atoms with Crippen LogP contribution in [0.5, 0.6) is 0 Å². The van der Waals surface area contributed by atoms with E-state index < -0.39 is 0 Å².